The molecule has 0 aliphatic carbocycles. The third-order valence-electron chi connectivity index (χ3n) is 3.66. The third kappa shape index (κ3) is 5.76. The number of amides is 1. The van der Waals surface area contributed by atoms with Crippen LogP contribution < -0.4 is 10.2 Å². The van der Waals surface area contributed by atoms with Gasteiger partial charge in [-0.1, -0.05) is 27.2 Å². The summed E-state index contributed by atoms with van der Waals surface area (Å²) in [6, 6.07) is 7.58. The summed E-state index contributed by atoms with van der Waals surface area (Å²) in [7, 11) is 2.06. The van der Waals surface area contributed by atoms with E-state index in [9.17, 15) is 9.90 Å². The van der Waals surface area contributed by atoms with Crippen molar-refractivity contribution in [2.24, 2.45) is 5.92 Å². The Hall–Kier alpha value is -1.55. The van der Waals surface area contributed by atoms with Crippen molar-refractivity contribution in [2.75, 3.05) is 25.0 Å². The monoisotopic (exact) mass is 292 g/mol. The molecule has 2 N–H and O–H groups in total. The molecule has 118 valence electrons. The van der Waals surface area contributed by atoms with E-state index in [1.54, 1.807) is 0 Å². The van der Waals surface area contributed by atoms with Gasteiger partial charge in [-0.3, -0.25) is 4.79 Å². The third-order valence-corrected chi connectivity index (χ3v) is 3.66. The number of hydrogen-bond donors (Lipinski definition) is 2. The molecule has 4 heteroatoms. The molecular weight excluding hydrogens is 264 g/mol. The maximum Gasteiger partial charge on any atom is 0.251 e. The zero-order chi connectivity index (χ0) is 15.8. The maximum absolute atomic E-state index is 12.0. The van der Waals surface area contributed by atoms with Crippen molar-refractivity contribution in [3.8, 4) is 0 Å². The molecule has 1 rings (SSSR count). The molecule has 1 aromatic rings. The largest absolute Gasteiger partial charge is 0.391 e. The second-order valence-electron chi connectivity index (χ2n) is 5.84. The summed E-state index contributed by atoms with van der Waals surface area (Å²) in [4.78, 5) is 14.2. The van der Waals surface area contributed by atoms with Gasteiger partial charge in [-0.15, -0.1) is 0 Å². The lowest BCUT2D eigenvalue weighted by molar-refractivity contribution is 0.0871. The van der Waals surface area contributed by atoms with Crippen molar-refractivity contribution in [1.82, 2.24) is 5.32 Å². The molecular formula is C17H28N2O2. The number of nitrogens with one attached hydrogen (secondary N) is 1. The van der Waals surface area contributed by atoms with Gasteiger partial charge in [0.2, 0.25) is 0 Å². The van der Waals surface area contributed by atoms with Gasteiger partial charge in [-0.05, 0) is 36.6 Å². The maximum atomic E-state index is 12.0. The molecule has 0 saturated heterocycles. The lowest BCUT2D eigenvalue weighted by atomic mass is 10.1. The van der Waals surface area contributed by atoms with E-state index in [1.807, 2.05) is 38.1 Å². The Balaban J connectivity index is 2.55. The minimum absolute atomic E-state index is 0.139. The van der Waals surface area contributed by atoms with E-state index in [2.05, 4.69) is 24.2 Å². The molecule has 0 saturated carbocycles. The lowest BCUT2D eigenvalue weighted by Gasteiger charge is -2.19. The van der Waals surface area contributed by atoms with E-state index >= 15 is 0 Å². The molecule has 0 aliphatic heterocycles. The molecule has 1 atom stereocenters. The Bertz CT molecular complexity index is 429. The normalized spacial score (nSPS) is 12.3. The zero-order valence-corrected chi connectivity index (χ0v) is 13.6. The number of unbranched alkanes of at least 4 members (excludes halogenated alkanes) is 1. The van der Waals surface area contributed by atoms with Gasteiger partial charge in [0.25, 0.3) is 5.91 Å². The second kappa shape index (κ2) is 8.67. The van der Waals surface area contributed by atoms with Crippen molar-refractivity contribution in [3.05, 3.63) is 29.8 Å². The number of carbonyl (C=O) groups excluding carboxylic acids is 1. The SMILES string of the molecule is CCCCN(C)c1ccc(C(=O)NCC(O)C(C)C)cc1. The summed E-state index contributed by atoms with van der Waals surface area (Å²) in [5.74, 6) is -0.00245. The van der Waals surface area contributed by atoms with Crippen LogP contribution >= 0.6 is 0 Å². The summed E-state index contributed by atoms with van der Waals surface area (Å²) in [5.41, 5.74) is 1.74. The number of benzene rings is 1. The average molecular weight is 292 g/mol. The minimum atomic E-state index is -0.506. The first-order valence-corrected chi connectivity index (χ1v) is 7.73. The smallest absolute Gasteiger partial charge is 0.251 e. The van der Waals surface area contributed by atoms with Crippen molar-refractivity contribution in [3.63, 3.8) is 0 Å². The topological polar surface area (TPSA) is 52.6 Å². The van der Waals surface area contributed by atoms with Crippen LogP contribution in [0.3, 0.4) is 0 Å². The molecule has 0 fully saturated rings. The fourth-order valence-corrected chi connectivity index (χ4v) is 1.93. The highest BCUT2D eigenvalue weighted by Crippen LogP contribution is 2.14. The van der Waals surface area contributed by atoms with Crippen LogP contribution in [0.1, 0.15) is 44.0 Å². The molecule has 1 amide bonds. The van der Waals surface area contributed by atoms with Crippen LogP contribution in [0.5, 0.6) is 0 Å². The van der Waals surface area contributed by atoms with Crippen LogP contribution in [-0.2, 0) is 0 Å². The first kappa shape index (κ1) is 17.5. The molecule has 0 aromatic heterocycles. The summed E-state index contributed by atoms with van der Waals surface area (Å²) in [6.45, 7) is 7.33. The van der Waals surface area contributed by atoms with Crippen molar-refractivity contribution in [2.45, 2.75) is 39.7 Å². The second-order valence-corrected chi connectivity index (χ2v) is 5.84. The van der Waals surface area contributed by atoms with E-state index in [0.717, 1.165) is 18.7 Å². The van der Waals surface area contributed by atoms with E-state index in [0.29, 0.717) is 5.56 Å². The van der Waals surface area contributed by atoms with Gasteiger partial charge in [-0.25, -0.2) is 0 Å². The van der Waals surface area contributed by atoms with E-state index in [-0.39, 0.29) is 18.4 Å². The van der Waals surface area contributed by atoms with Gasteiger partial charge in [0.15, 0.2) is 0 Å². The molecule has 0 aliphatic rings. The molecule has 0 heterocycles. The van der Waals surface area contributed by atoms with Gasteiger partial charge in [0.05, 0.1) is 6.10 Å². The van der Waals surface area contributed by atoms with Gasteiger partial charge >= 0.3 is 0 Å². The Morgan fingerprint density at radius 1 is 1.29 bits per heavy atom. The number of anilines is 1. The number of carbonyl (C=O) groups is 1. The summed E-state index contributed by atoms with van der Waals surface area (Å²) in [6.07, 6.45) is 1.82. The number of aliphatic hydroxyl groups is 1. The molecule has 0 spiro atoms. The minimum Gasteiger partial charge on any atom is -0.391 e. The Morgan fingerprint density at radius 2 is 1.90 bits per heavy atom. The van der Waals surface area contributed by atoms with Crippen molar-refractivity contribution in [1.29, 1.82) is 0 Å². The van der Waals surface area contributed by atoms with Crippen LogP contribution in [-0.4, -0.2) is 37.3 Å². The molecule has 0 radical (unpaired) electrons. The Labute approximate surface area is 128 Å². The van der Waals surface area contributed by atoms with Crippen LogP contribution in [0.25, 0.3) is 0 Å². The fourth-order valence-electron chi connectivity index (χ4n) is 1.93. The quantitative estimate of drug-likeness (QED) is 0.774. The highest BCUT2D eigenvalue weighted by molar-refractivity contribution is 5.94. The summed E-state index contributed by atoms with van der Waals surface area (Å²) >= 11 is 0. The van der Waals surface area contributed by atoms with Crippen LogP contribution in [0, 0.1) is 5.92 Å². The predicted molar refractivity (Wildman–Crippen MR) is 87.8 cm³/mol. The van der Waals surface area contributed by atoms with Crippen LogP contribution in [0.15, 0.2) is 24.3 Å². The van der Waals surface area contributed by atoms with Crippen molar-refractivity contribution < 1.29 is 9.90 Å². The number of rotatable bonds is 8. The van der Waals surface area contributed by atoms with Gasteiger partial charge < -0.3 is 15.3 Å². The number of nitrogens with zero attached hydrogens (tertiary/aromatic N) is 1. The van der Waals surface area contributed by atoms with Crippen LogP contribution in [0.4, 0.5) is 5.69 Å². The summed E-state index contributed by atoms with van der Waals surface area (Å²) in [5, 5.41) is 12.5. The molecule has 1 aromatic carbocycles. The number of hydrogen-bond acceptors (Lipinski definition) is 3. The van der Waals surface area contributed by atoms with Gasteiger partial charge in [0, 0.05) is 31.4 Å². The van der Waals surface area contributed by atoms with E-state index in [1.165, 1.54) is 6.42 Å². The first-order valence-electron chi connectivity index (χ1n) is 7.73. The highest BCUT2D eigenvalue weighted by atomic mass is 16.3. The van der Waals surface area contributed by atoms with E-state index in [4.69, 9.17) is 0 Å². The molecule has 4 nitrogen and oxygen atoms in total. The van der Waals surface area contributed by atoms with E-state index < -0.39 is 6.10 Å². The first-order chi connectivity index (χ1) is 9.95. The average Bonchev–Trinajstić information content (AvgIpc) is 2.49. The zero-order valence-electron chi connectivity index (χ0n) is 13.6. The fraction of sp³-hybridized carbons (Fsp3) is 0.588. The highest BCUT2D eigenvalue weighted by Gasteiger charge is 2.12. The van der Waals surface area contributed by atoms with Gasteiger partial charge in [0.1, 0.15) is 0 Å². The lowest BCUT2D eigenvalue weighted by Crippen LogP contribution is -2.34. The van der Waals surface area contributed by atoms with Gasteiger partial charge in [-0.2, -0.15) is 0 Å². The predicted octanol–water partition coefficient (Wildman–Crippen LogP) is 2.67. The summed E-state index contributed by atoms with van der Waals surface area (Å²) < 4.78 is 0. The molecule has 1 unspecified atom stereocenters. The standard InChI is InChI=1S/C17H28N2O2/c1-5-6-11-19(4)15-9-7-14(8-10-15)17(21)18-12-16(20)13(2)3/h7-10,13,16,20H,5-6,11-12H2,1-4H3,(H,18,21). The Kier molecular flexibility index (Phi) is 7.23. The van der Waals surface area contributed by atoms with Crippen molar-refractivity contribution >= 4 is 11.6 Å². The molecule has 0 bridgehead atoms. The van der Waals surface area contributed by atoms with Crippen LogP contribution in [0.2, 0.25) is 0 Å². The number of aliphatic hydroxyl groups excluding tert-OH is 1. The Morgan fingerprint density at radius 3 is 2.43 bits per heavy atom. The molecule has 21 heavy (non-hydrogen) atoms.